The molecule has 202 valence electrons. The monoisotopic (exact) mass is 567 g/mol. The summed E-state index contributed by atoms with van der Waals surface area (Å²) in [5.74, 6) is 0. The predicted molar refractivity (Wildman–Crippen MR) is 184 cm³/mol. The lowest BCUT2D eigenvalue weighted by Crippen LogP contribution is -2.09. The van der Waals surface area contributed by atoms with Crippen LogP contribution in [0.3, 0.4) is 0 Å². The lowest BCUT2D eigenvalue weighted by Gasteiger charge is -2.26. The minimum absolute atomic E-state index is 0.915. The van der Waals surface area contributed by atoms with E-state index in [1.165, 1.54) is 42.2 Å². The number of hydrogen-bond donors (Lipinski definition) is 0. The Morgan fingerprint density at radius 2 is 1.09 bits per heavy atom. The summed E-state index contributed by atoms with van der Waals surface area (Å²) in [5, 5.41) is 7.27. The van der Waals surface area contributed by atoms with E-state index in [9.17, 15) is 0 Å². The summed E-state index contributed by atoms with van der Waals surface area (Å²) in [6.07, 6.45) is 0. The largest absolute Gasteiger partial charge is 0.456 e. The highest BCUT2D eigenvalue weighted by Crippen LogP contribution is 2.45. The molecule has 0 spiro atoms. The van der Waals surface area contributed by atoms with Crippen LogP contribution in [0.15, 0.2) is 156 Å². The SMILES string of the molecule is c1ccc(N(c2ccccc2)c2cccc3sc4ccc(-c5ccc6c(c5)oc5cc7ccccc7cc56)cc4c23)cc1. The van der Waals surface area contributed by atoms with Gasteiger partial charge in [0.25, 0.3) is 0 Å². The molecule has 0 aliphatic heterocycles. The van der Waals surface area contributed by atoms with Crippen LogP contribution >= 0.6 is 11.3 Å². The summed E-state index contributed by atoms with van der Waals surface area (Å²) >= 11 is 1.85. The molecule has 7 aromatic carbocycles. The number of fused-ring (bicyclic) bond motifs is 7. The van der Waals surface area contributed by atoms with E-state index in [0.29, 0.717) is 0 Å². The molecular weight excluding hydrogens is 543 g/mol. The van der Waals surface area contributed by atoms with Crippen LogP contribution < -0.4 is 4.90 Å². The van der Waals surface area contributed by atoms with Gasteiger partial charge in [-0.3, -0.25) is 0 Å². The van der Waals surface area contributed by atoms with E-state index in [2.05, 4.69) is 157 Å². The zero-order valence-electron chi connectivity index (χ0n) is 23.2. The van der Waals surface area contributed by atoms with E-state index in [4.69, 9.17) is 4.42 Å². The first-order valence-corrected chi connectivity index (χ1v) is 15.3. The number of anilines is 3. The fraction of sp³-hybridized carbons (Fsp3) is 0. The third-order valence-corrected chi connectivity index (χ3v) is 9.55. The zero-order valence-corrected chi connectivity index (χ0v) is 24.0. The normalized spacial score (nSPS) is 11.7. The van der Waals surface area contributed by atoms with Crippen molar-refractivity contribution in [3.63, 3.8) is 0 Å². The molecular formula is C40H25NOS. The van der Waals surface area contributed by atoms with Crippen molar-refractivity contribution >= 4 is 81.3 Å². The van der Waals surface area contributed by atoms with Gasteiger partial charge in [0.1, 0.15) is 11.2 Å². The van der Waals surface area contributed by atoms with Crippen LogP contribution in [-0.4, -0.2) is 0 Å². The second-order valence-corrected chi connectivity index (χ2v) is 12.1. The third-order valence-electron chi connectivity index (χ3n) is 8.42. The van der Waals surface area contributed by atoms with Gasteiger partial charge in [-0.05, 0) is 94.7 Å². The summed E-state index contributed by atoms with van der Waals surface area (Å²) in [4.78, 5) is 2.37. The standard InChI is InChI=1S/C40H25NOS/c1-3-12-30(13-4-1)41(31-14-5-2-6-15-31)35-16-9-17-39-40(35)34-23-28(19-21-38(34)43-39)29-18-20-32-33-22-26-10-7-8-11-27(26)24-37(33)42-36(32)25-29/h1-25H. The van der Waals surface area contributed by atoms with E-state index < -0.39 is 0 Å². The van der Waals surface area contributed by atoms with Crippen LogP contribution in [0.2, 0.25) is 0 Å². The molecule has 2 aromatic heterocycles. The quantitative estimate of drug-likeness (QED) is 0.210. The van der Waals surface area contributed by atoms with Crippen molar-refractivity contribution in [1.29, 1.82) is 0 Å². The smallest absolute Gasteiger partial charge is 0.136 e. The Labute approximate surface area is 252 Å². The number of thiophene rings is 1. The van der Waals surface area contributed by atoms with Crippen molar-refractivity contribution in [3.8, 4) is 11.1 Å². The maximum atomic E-state index is 6.41. The lowest BCUT2D eigenvalue weighted by molar-refractivity contribution is 0.669. The molecule has 9 aromatic rings. The Balaban J connectivity index is 1.23. The summed E-state index contributed by atoms with van der Waals surface area (Å²) < 4.78 is 8.97. The molecule has 2 nitrogen and oxygen atoms in total. The molecule has 0 aliphatic rings. The fourth-order valence-corrected chi connectivity index (χ4v) is 7.50. The van der Waals surface area contributed by atoms with Crippen LogP contribution in [0, 0.1) is 0 Å². The Hall–Kier alpha value is -5.38. The van der Waals surface area contributed by atoms with Crippen molar-refractivity contribution in [2.24, 2.45) is 0 Å². The van der Waals surface area contributed by atoms with E-state index in [1.807, 2.05) is 11.3 Å². The van der Waals surface area contributed by atoms with Gasteiger partial charge in [0.05, 0.1) is 5.69 Å². The number of furan rings is 1. The number of hydrogen-bond acceptors (Lipinski definition) is 3. The van der Waals surface area contributed by atoms with Gasteiger partial charge in [-0.2, -0.15) is 0 Å². The van der Waals surface area contributed by atoms with Crippen molar-refractivity contribution in [1.82, 2.24) is 0 Å². The second kappa shape index (κ2) is 9.59. The first kappa shape index (κ1) is 24.2. The zero-order chi connectivity index (χ0) is 28.3. The van der Waals surface area contributed by atoms with Crippen LogP contribution in [0.4, 0.5) is 17.1 Å². The van der Waals surface area contributed by atoms with Gasteiger partial charge in [-0.1, -0.05) is 78.9 Å². The molecule has 9 rings (SSSR count). The van der Waals surface area contributed by atoms with Crippen LogP contribution in [0.5, 0.6) is 0 Å². The molecule has 0 amide bonds. The molecule has 0 unspecified atom stereocenters. The average Bonchev–Trinajstić information content (AvgIpc) is 3.62. The molecule has 3 heteroatoms. The van der Waals surface area contributed by atoms with Crippen molar-refractivity contribution in [2.45, 2.75) is 0 Å². The van der Waals surface area contributed by atoms with Gasteiger partial charge in [0.2, 0.25) is 0 Å². The van der Waals surface area contributed by atoms with Crippen molar-refractivity contribution < 1.29 is 4.42 Å². The summed E-state index contributed by atoms with van der Waals surface area (Å²) in [7, 11) is 0. The number of para-hydroxylation sites is 2. The van der Waals surface area contributed by atoms with Crippen molar-refractivity contribution in [3.05, 3.63) is 152 Å². The molecule has 0 N–H and O–H groups in total. The molecule has 0 radical (unpaired) electrons. The molecule has 2 heterocycles. The van der Waals surface area contributed by atoms with Gasteiger partial charge < -0.3 is 9.32 Å². The highest BCUT2D eigenvalue weighted by Gasteiger charge is 2.19. The highest BCUT2D eigenvalue weighted by molar-refractivity contribution is 7.26. The summed E-state index contributed by atoms with van der Waals surface area (Å²) in [6.45, 7) is 0. The Morgan fingerprint density at radius 1 is 0.442 bits per heavy atom. The van der Waals surface area contributed by atoms with Crippen LogP contribution in [0.1, 0.15) is 0 Å². The number of benzene rings is 7. The molecule has 0 bridgehead atoms. The summed E-state index contributed by atoms with van der Waals surface area (Å²) in [6, 6.07) is 54.3. The minimum Gasteiger partial charge on any atom is -0.456 e. The van der Waals surface area contributed by atoms with Gasteiger partial charge in [-0.25, -0.2) is 0 Å². The van der Waals surface area contributed by atoms with E-state index >= 15 is 0 Å². The molecule has 0 saturated heterocycles. The average molecular weight is 568 g/mol. The van der Waals surface area contributed by atoms with Crippen molar-refractivity contribution in [2.75, 3.05) is 4.90 Å². The third kappa shape index (κ3) is 3.93. The van der Waals surface area contributed by atoms with E-state index in [0.717, 1.165) is 38.9 Å². The maximum Gasteiger partial charge on any atom is 0.136 e. The maximum absolute atomic E-state index is 6.41. The minimum atomic E-state index is 0.915. The molecule has 0 atom stereocenters. The second-order valence-electron chi connectivity index (χ2n) is 11.0. The molecule has 0 saturated carbocycles. The lowest BCUT2D eigenvalue weighted by atomic mass is 10.00. The molecule has 43 heavy (non-hydrogen) atoms. The fourth-order valence-electron chi connectivity index (χ4n) is 6.40. The Bertz CT molecular complexity index is 2420. The molecule has 0 aliphatic carbocycles. The summed E-state index contributed by atoms with van der Waals surface area (Å²) in [5.41, 5.74) is 7.63. The van der Waals surface area contributed by atoms with Crippen LogP contribution in [0.25, 0.3) is 64.0 Å². The van der Waals surface area contributed by atoms with Gasteiger partial charge in [-0.15, -0.1) is 11.3 Å². The first-order valence-electron chi connectivity index (χ1n) is 14.5. The van der Waals surface area contributed by atoms with Gasteiger partial charge >= 0.3 is 0 Å². The first-order chi connectivity index (χ1) is 21.3. The predicted octanol–water partition coefficient (Wildman–Crippen LogP) is 12.2. The Kier molecular flexibility index (Phi) is 5.40. The van der Waals surface area contributed by atoms with Crippen LogP contribution in [-0.2, 0) is 0 Å². The highest BCUT2D eigenvalue weighted by atomic mass is 32.1. The number of nitrogens with zero attached hydrogens (tertiary/aromatic N) is 1. The molecule has 0 fully saturated rings. The van der Waals surface area contributed by atoms with Gasteiger partial charge in [0.15, 0.2) is 0 Å². The van der Waals surface area contributed by atoms with E-state index in [1.54, 1.807) is 0 Å². The number of rotatable bonds is 4. The van der Waals surface area contributed by atoms with E-state index in [-0.39, 0.29) is 0 Å². The topological polar surface area (TPSA) is 16.4 Å². The Morgan fingerprint density at radius 3 is 1.86 bits per heavy atom. The van der Waals surface area contributed by atoms with Gasteiger partial charge in [0, 0.05) is 42.3 Å².